The summed E-state index contributed by atoms with van der Waals surface area (Å²) in [6.07, 6.45) is 4.67. The van der Waals surface area contributed by atoms with E-state index in [9.17, 15) is 4.79 Å². The van der Waals surface area contributed by atoms with Crippen LogP contribution < -0.4 is 10.6 Å². The average molecular weight is 321 g/mol. The molecular weight excluding hydrogens is 300 g/mol. The number of benzene rings is 1. The summed E-state index contributed by atoms with van der Waals surface area (Å²) in [5, 5.41) is 10.4. The topological polar surface area (TPSA) is 59.0 Å². The Labute approximate surface area is 136 Å². The van der Waals surface area contributed by atoms with Gasteiger partial charge in [-0.3, -0.25) is 9.48 Å². The quantitative estimate of drug-likeness (QED) is 0.879. The first kappa shape index (κ1) is 16.5. The van der Waals surface area contributed by atoms with Gasteiger partial charge < -0.3 is 10.6 Å². The van der Waals surface area contributed by atoms with E-state index in [1.807, 2.05) is 16.9 Å². The fraction of sp³-hybridized carbons (Fsp3) is 0.375. The fourth-order valence-electron chi connectivity index (χ4n) is 2.56. The molecule has 1 fully saturated rings. The van der Waals surface area contributed by atoms with E-state index in [1.165, 1.54) is 5.56 Å². The zero-order valence-corrected chi connectivity index (χ0v) is 13.2. The van der Waals surface area contributed by atoms with Gasteiger partial charge in [0.05, 0.1) is 12.5 Å². The summed E-state index contributed by atoms with van der Waals surface area (Å²) in [4.78, 5) is 11.9. The van der Waals surface area contributed by atoms with Crippen LogP contribution >= 0.6 is 12.4 Å². The van der Waals surface area contributed by atoms with Crippen molar-refractivity contribution >= 4 is 18.3 Å². The second kappa shape index (κ2) is 7.96. The predicted molar refractivity (Wildman–Crippen MR) is 87.8 cm³/mol. The van der Waals surface area contributed by atoms with Gasteiger partial charge in [-0.05, 0) is 30.2 Å². The number of rotatable bonds is 5. The van der Waals surface area contributed by atoms with Gasteiger partial charge in [0.1, 0.15) is 0 Å². The van der Waals surface area contributed by atoms with Gasteiger partial charge in [-0.2, -0.15) is 5.10 Å². The van der Waals surface area contributed by atoms with Crippen LogP contribution in [-0.2, 0) is 17.9 Å². The van der Waals surface area contributed by atoms with Gasteiger partial charge in [0.2, 0.25) is 5.91 Å². The van der Waals surface area contributed by atoms with Crippen molar-refractivity contribution in [2.45, 2.75) is 19.5 Å². The number of hydrogen-bond acceptors (Lipinski definition) is 3. The molecule has 1 saturated heterocycles. The van der Waals surface area contributed by atoms with Crippen LogP contribution in [-0.4, -0.2) is 28.8 Å². The minimum Gasteiger partial charge on any atom is -0.352 e. The number of carbonyl (C=O) groups is 1. The Bertz CT molecular complexity index is 577. The Balaban J connectivity index is 0.00000176. The summed E-state index contributed by atoms with van der Waals surface area (Å²) in [6, 6.07) is 10.2. The molecule has 0 spiro atoms. The van der Waals surface area contributed by atoms with Crippen molar-refractivity contribution in [2.75, 3.05) is 13.1 Å². The Morgan fingerprint density at radius 2 is 2.09 bits per heavy atom. The molecule has 6 heteroatoms. The van der Waals surface area contributed by atoms with Crippen LogP contribution in [0.3, 0.4) is 0 Å². The van der Waals surface area contributed by atoms with E-state index in [-0.39, 0.29) is 24.2 Å². The molecule has 0 bridgehead atoms. The summed E-state index contributed by atoms with van der Waals surface area (Å²) in [7, 11) is 0. The molecule has 2 N–H and O–H groups in total. The van der Waals surface area contributed by atoms with Gasteiger partial charge in [-0.25, -0.2) is 0 Å². The van der Waals surface area contributed by atoms with Gasteiger partial charge in [0.25, 0.3) is 0 Å². The Hall–Kier alpha value is -1.85. The maximum atomic E-state index is 11.9. The predicted octanol–water partition coefficient (Wildman–Crippen LogP) is 1.58. The SMILES string of the molecule is Cl.O=C(NCc1ccc(Cn2cccn2)cc1)C1CCNC1. The molecule has 0 radical (unpaired) electrons. The molecule has 1 aromatic heterocycles. The standard InChI is InChI=1S/C16H20N4O.ClH/c21-16(15-6-8-17-11-15)18-10-13-2-4-14(5-3-13)12-20-9-1-7-19-20;/h1-5,7,9,15,17H,6,8,10-12H2,(H,18,21);1H. The van der Waals surface area contributed by atoms with E-state index in [4.69, 9.17) is 0 Å². The second-order valence-corrected chi connectivity index (χ2v) is 5.43. The lowest BCUT2D eigenvalue weighted by Crippen LogP contribution is -2.31. The molecule has 1 aliphatic rings. The summed E-state index contributed by atoms with van der Waals surface area (Å²) in [6.45, 7) is 3.11. The molecule has 1 unspecified atom stereocenters. The van der Waals surface area contributed by atoms with E-state index in [2.05, 4.69) is 40.0 Å². The van der Waals surface area contributed by atoms with E-state index in [0.29, 0.717) is 6.54 Å². The molecule has 1 aromatic carbocycles. The highest BCUT2D eigenvalue weighted by Gasteiger charge is 2.21. The summed E-state index contributed by atoms with van der Waals surface area (Å²) in [5.74, 6) is 0.282. The van der Waals surface area contributed by atoms with Gasteiger partial charge >= 0.3 is 0 Å². The lowest BCUT2D eigenvalue weighted by atomic mass is 10.1. The Morgan fingerprint density at radius 3 is 2.73 bits per heavy atom. The van der Waals surface area contributed by atoms with Crippen molar-refractivity contribution in [1.82, 2.24) is 20.4 Å². The van der Waals surface area contributed by atoms with Crippen molar-refractivity contribution in [3.05, 3.63) is 53.9 Å². The van der Waals surface area contributed by atoms with Gasteiger partial charge in [-0.15, -0.1) is 12.4 Å². The van der Waals surface area contributed by atoms with Gasteiger partial charge in [-0.1, -0.05) is 24.3 Å². The normalized spacial score (nSPS) is 17.0. The molecule has 22 heavy (non-hydrogen) atoms. The third-order valence-corrected chi connectivity index (χ3v) is 3.82. The van der Waals surface area contributed by atoms with E-state index in [0.717, 1.165) is 31.6 Å². The van der Waals surface area contributed by atoms with Crippen molar-refractivity contribution < 1.29 is 4.79 Å². The highest BCUT2D eigenvalue weighted by atomic mass is 35.5. The largest absolute Gasteiger partial charge is 0.352 e. The smallest absolute Gasteiger partial charge is 0.224 e. The number of amides is 1. The molecule has 1 atom stereocenters. The number of halogens is 1. The molecule has 3 rings (SSSR count). The van der Waals surface area contributed by atoms with E-state index in [1.54, 1.807) is 6.20 Å². The Kier molecular flexibility index (Phi) is 5.98. The maximum Gasteiger partial charge on any atom is 0.224 e. The maximum absolute atomic E-state index is 11.9. The molecule has 0 saturated carbocycles. The van der Waals surface area contributed by atoms with Crippen molar-refractivity contribution in [1.29, 1.82) is 0 Å². The highest BCUT2D eigenvalue weighted by molar-refractivity contribution is 5.85. The molecule has 1 aliphatic heterocycles. The number of aromatic nitrogens is 2. The van der Waals surface area contributed by atoms with E-state index >= 15 is 0 Å². The molecule has 118 valence electrons. The third-order valence-electron chi connectivity index (χ3n) is 3.82. The summed E-state index contributed by atoms with van der Waals surface area (Å²) in [5.41, 5.74) is 2.33. The Morgan fingerprint density at radius 1 is 1.32 bits per heavy atom. The lowest BCUT2D eigenvalue weighted by Gasteiger charge is -2.10. The van der Waals surface area contributed by atoms with Crippen molar-refractivity contribution in [2.24, 2.45) is 5.92 Å². The van der Waals surface area contributed by atoms with Crippen LogP contribution in [0.4, 0.5) is 0 Å². The zero-order chi connectivity index (χ0) is 14.5. The lowest BCUT2D eigenvalue weighted by molar-refractivity contribution is -0.124. The summed E-state index contributed by atoms with van der Waals surface area (Å²) < 4.78 is 1.89. The first-order valence-corrected chi connectivity index (χ1v) is 7.35. The zero-order valence-electron chi connectivity index (χ0n) is 12.4. The van der Waals surface area contributed by atoms with Crippen molar-refractivity contribution in [3.8, 4) is 0 Å². The minimum atomic E-state index is 0. The number of carbonyl (C=O) groups excluding carboxylic acids is 1. The molecule has 5 nitrogen and oxygen atoms in total. The van der Waals surface area contributed by atoms with Crippen molar-refractivity contribution in [3.63, 3.8) is 0 Å². The van der Waals surface area contributed by atoms with E-state index < -0.39 is 0 Å². The van der Waals surface area contributed by atoms with Gasteiger partial charge in [0, 0.05) is 25.5 Å². The second-order valence-electron chi connectivity index (χ2n) is 5.43. The van der Waals surface area contributed by atoms with Crippen LogP contribution in [0.2, 0.25) is 0 Å². The number of nitrogens with zero attached hydrogens (tertiary/aromatic N) is 2. The minimum absolute atomic E-state index is 0. The highest BCUT2D eigenvalue weighted by Crippen LogP contribution is 2.09. The van der Waals surface area contributed by atoms with Crippen LogP contribution in [0.5, 0.6) is 0 Å². The van der Waals surface area contributed by atoms with Crippen LogP contribution in [0.15, 0.2) is 42.7 Å². The molecule has 2 heterocycles. The molecular formula is C16H21ClN4O. The van der Waals surface area contributed by atoms with Crippen LogP contribution in [0, 0.1) is 5.92 Å². The third kappa shape index (κ3) is 4.32. The van der Waals surface area contributed by atoms with Gasteiger partial charge in [0.15, 0.2) is 0 Å². The number of hydrogen-bond donors (Lipinski definition) is 2. The first-order valence-electron chi connectivity index (χ1n) is 7.35. The summed E-state index contributed by atoms with van der Waals surface area (Å²) >= 11 is 0. The fourth-order valence-corrected chi connectivity index (χ4v) is 2.56. The molecule has 0 aliphatic carbocycles. The van der Waals surface area contributed by atoms with Crippen LogP contribution in [0.25, 0.3) is 0 Å². The average Bonchev–Trinajstić information content (AvgIpc) is 3.19. The monoisotopic (exact) mass is 320 g/mol. The molecule has 1 amide bonds. The van der Waals surface area contributed by atoms with Crippen LogP contribution in [0.1, 0.15) is 17.5 Å². The molecule has 2 aromatic rings. The number of nitrogens with one attached hydrogen (secondary N) is 2. The first-order chi connectivity index (χ1) is 10.3.